The molecule has 0 radical (unpaired) electrons. The lowest BCUT2D eigenvalue weighted by Gasteiger charge is -2.16. The number of para-hydroxylation sites is 1. The molecular formula is C16H22FN3O2S. The molecule has 126 valence electrons. The van der Waals surface area contributed by atoms with Crippen LogP contribution in [-0.2, 0) is 16.6 Å². The quantitative estimate of drug-likeness (QED) is 0.873. The molecule has 2 aromatic rings. The third-order valence-corrected chi connectivity index (χ3v) is 5.42. The molecule has 1 aromatic carbocycles. The highest BCUT2D eigenvalue weighted by Crippen LogP contribution is 2.29. The van der Waals surface area contributed by atoms with Crippen LogP contribution in [0.1, 0.15) is 44.4 Å². The van der Waals surface area contributed by atoms with Gasteiger partial charge in [-0.3, -0.25) is 4.72 Å². The summed E-state index contributed by atoms with van der Waals surface area (Å²) in [7, 11) is -4.04. The number of nitrogens with zero attached hydrogens (tertiary/aromatic N) is 2. The summed E-state index contributed by atoms with van der Waals surface area (Å²) in [5, 5.41) is 3.93. The number of hydrogen-bond acceptors (Lipinski definition) is 3. The van der Waals surface area contributed by atoms with Gasteiger partial charge in [0.05, 0.1) is 11.4 Å². The smallest absolute Gasteiger partial charge is 0.268 e. The van der Waals surface area contributed by atoms with Crippen molar-refractivity contribution >= 4 is 15.7 Å². The number of hydrogen-bond donors (Lipinski definition) is 1. The van der Waals surface area contributed by atoms with Crippen LogP contribution in [0.5, 0.6) is 0 Å². The van der Waals surface area contributed by atoms with Crippen molar-refractivity contribution in [2.45, 2.75) is 51.5 Å². The SMILES string of the molecule is CC[C@H](C)c1ccccc1NS(=O)(=O)c1c(C)nn(CC)c1F. The minimum atomic E-state index is -4.04. The summed E-state index contributed by atoms with van der Waals surface area (Å²) >= 11 is 0. The predicted molar refractivity (Wildman–Crippen MR) is 88.6 cm³/mol. The topological polar surface area (TPSA) is 64.0 Å². The lowest BCUT2D eigenvalue weighted by Crippen LogP contribution is -2.17. The summed E-state index contributed by atoms with van der Waals surface area (Å²) in [6, 6.07) is 7.18. The average molecular weight is 339 g/mol. The number of halogens is 1. The Balaban J connectivity index is 2.46. The Morgan fingerprint density at radius 2 is 1.96 bits per heavy atom. The Bertz CT molecular complexity index is 800. The van der Waals surface area contributed by atoms with Gasteiger partial charge in [0, 0.05) is 6.54 Å². The van der Waals surface area contributed by atoms with E-state index < -0.39 is 20.9 Å². The van der Waals surface area contributed by atoms with Gasteiger partial charge < -0.3 is 0 Å². The van der Waals surface area contributed by atoms with Crippen molar-refractivity contribution in [3.8, 4) is 0 Å². The summed E-state index contributed by atoms with van der Waals surface area (Å²) in [5.41, 5.74) is 1.52. The van der Waals surface area contributed by atoms with Crippen LogP contribution in [0.25, 0.3) is 0 Å². The zero-order chi connectivity index (χ0) is 17.2. The van der Waals surface area contributed by atoms with E-state index in [-0.39, 0.29) is 18.2 Å². The van der Waals surface area contributed by atoms with Crippen molar-refractivity contribution in [2.75, 3.05) is 4.72 Å². The van der Waals surface area contributed by atoms with Gasteiger partial charge in [0.1, 0.15) is 0 Å². The third-order valence-electron chi connectivity index (χ3n) is 3.93. The number of anilines is 1. The first-order valence-corrected chi connectivity index (χ1v) is 9.14. The number of nitrogens with one attached hydrogen (secondary N) is 1. The maximum Gasteiger partial charge on any atom is 0.268 e. The van der Waals surface area contributed by atoms with Crippen LogP contribution in [0, 0.1) is 12.9 Å². The molecule has 0 spiro atoms. The van der Waals surface area contributed by atoms with Crippen LogP contribution in [0.4, 0.5) is 10.1 Å². The summed E-state index contributed by atoms with van der Waals surface area (Å²) in [5.74, 6) is -0.642. The molecule has 0 aliphatic rings. The highest BCUT2D eigenvalue weighted by Gasteiger charge is 2.28. The fourth-order valence-electron chi connectivity index (χ4n) is 2.49. The number of aryl methyl sites for hydroxylation is 2. The van der Waals surface area contributed by atoms with Crippen LogP contribution in [-0.4, -0.2) is 18.2 Å². The van der Waals surface area contributed by atoms with E-state index in [1.807, 2.05) is 26.0 Å². The van der Waals surface area contributed by atoms with E-state index >= 15 is 0 Å². The minimum Gasteiger partial charge on any atom is -0.279 e. The van der Waals surface area contributed by atoms with Gasteiger partial charge >= 0.3 is 0 Å². The number of benzene rings is 1. The normalized spacial score (nSPS) is 13.1. The monoisotopic (exact) mass is 339 g/mol. The zero-order valence-electron chi connectivity index (χ0n) is 13.8. The molecule has 1 atom stereocenters. The molecule has 0 aliphatic carbocycles. The van der Waals surface area contributed by atoms with E-state index in [1.54, 1.807) is 19.1 Å². The van der Waals surface area contributed by atoms with E-state index in [0.717, 1.165) is 16.7 Å². The Morgan fingerprint density at radius 1 is 1.30 bits per heavy atom. The first kappa shape index (κ1) is 17.5. The molecule has 0 bridgehead atoms. The average Bonchev–Trinajstić information content (AvgIpc) is 2.81. The molecule has 1 aromatic heterocycles. The summed E-state index contributed by atoms with van der Waals surface area (Å²) < 4.78 is 43.1. The van der Waals surface area contributed by atoms with Gasteiger partial charge in [-0.05, 0) is 37.8 Å². The van der Waals surface area contributed by atoms with Gasteiger partial charge in [-0.25, -0.2) is 13.1 Å². The molecule has 5 nitrogen and oxygen atoms in total. The number of aromatic nitrogens is 2. The van der Waals surface area contributed by atoms with E-state index in [9.17, 15) is 12.8 Å². The van der Waals surface area contributed by atoms with Crippen molar-refractivity contribution in [3.05, 3.63) is 41.5 Å². The van der Waals surface area contributed by atoms with Crippen LogP contribution in [0.15, 0.2) is 29.2 Å². The highest BCUT2D eigenvalue weighted by molar-refractivity contribution is 7.92. The van der Waals surface area contributed by atoms with Gasteiger partial charge in [0.25, 0.3) is 10.0 Å². The van der Waals surface area contributed by atoms with Gasteiger partial charge in [-0.1, -0.05) is 32.0 Å². The van der Waals surface area contributed by atoms with E-state index in [4.69, 9.17) is 0 Å². The fraction of sp³-hybridized carbons (Fsp3) is 0.438. The molecule has 7 heteroatoms. The first-order valence-electron chi connectivity index (χ1n) is 7.66. The van der Waals surface area contributed by atoms with Crippen molar-refractivity contribution < 1.29 is 12.8 Å². The third kappa shape index (κ3) is 3.39. The molecule has 23 heavy (non-hydrogen) atoms. The Labute approximate surface area is 136 Å². The molecule has 0 amide bonds. The lowest BCUT2D eigenvalue weighted by molar-refractivity contribution is 0.454. The van der Waals surface area contributed by atoms with Crippen LogP contribution in [0.3, 0.4) is 0 Å². The Kier molecular flexibility index (Phi) is 5.09. The molecule has 0 saturated heterocycles. The molecule has 1 N–H and O–H groups in total. The lowest BCUT2D eigenvalue weighted by atomic mass is 9.97. The van der Waals surface area contributed by atoms with Crippen molar-refractivity contribution in [3.63, 3.8) is 0 Å². The maximum absolute atomic E-state index is 14.3. The largest absolute Gasteiger partial charge is 0.279 e. The number of rotatable bonds is 6. The maximum atomic E-state index is 14.3. The van der Waals surface area contributed by atoms with Crippen LogP contribution < -0.4 is 4.72 Å². The Morgan fingerprint density at radius 3 is 2.52 bits per heavy atom. The number of sulfonamides is 1. The van der Waals surface area contributed by atoms with Crippen molar-refractivity contribution in [2.24, 2.45) is 0 Å². The Hall–Kier alpha value is -1.89. The van der Waals surface area contributed by atoms with Crippen LogP contribution >= 0.6 is 0 Å². The van der Waals surface area contributed by atoms with Gasteiger partial charge in [-0.2, -0.15) is 9.49 Å². The molecule has 1 heterocycles. The molecule has 0 unspecified atom stereocenters. The van der Waals surface area contributed by atoms with E-state index in [1.165, 1.54) is 6.92 Å². The second kappa shape index (κ2) is 6.70. The van der Waals surface area contributed by atoms with E-state index in [0.29, 0.717) is 5.69 Å². The summed E-state index contributed by atoms with van der Waals surface area (Å²) in [6.07, 6.45) is 0.875. The second-order valence-electron chi connectivity index (χ2n) is 5.52. The molecule has 0 saturated carbocycles. The standard InChI is InChI=1S/C16H22FN3O2S/c1-5-11(3)13-9-7-8-10-14(13)19-23(21,22)15-12(4)18-20(6-2)16(15)17/h7-11,19H,5-6H2,1-4H3/t11-/m0/s1. The summed E-state index contributed by atoms with van der Waals surface area (Å²) in [4.78, 5) is -0.390. The van der Waals surface area contributed by atoms with Crippen LogP contribution in [0.2, 0.25) is 0 Å². The van der Waals surface area contributed by atoms with Gasteiger partial charge in [0.2, 0.25) is 5.95 Å². The molecular weight excluding hydrogens is 317 g/mol. The van der Waals surface area contributed by atoms with E-state index in [2.05, 4.69) is 9.82 Å². The zero-order valence-corrected chi connectivity index (χ0v) is 14.6. The van der Waals surface area contributed by atoms with Gasteiger partial charge in [0.15, 0.2) is 4.90 Å². The fourth-order valence-corrected chi connectivity index (χ4v) is 3.82. The van der Waals surface area contributed by atoms with Crippen molar-refractivity contribution in [1.82, 2.24) is 9.78 Å². The molecule has 0 fully saturated rings. The summed E-state index contributed by atoms with van der Waals surface area (Å²) in [6.45, 7) is 7.52. The second-order valence-corrected chi connectivity index (χ2v) is 7.14. The molecule has 0 aliphatic heterocycles. The minimum absolute atomic E-state index is 0.151. The predicted octanol–water partition coefficient (Wildman–Crippen LogP) is 3.66. The van der Waals surface area contributed by atoms with Crippen molar-refractivity contribution in [1.29, 1.82) is 0 Å². The highest BCUT2D eigenvalue weighted by atomic mass is 32.2. The van der Waals surface area contributed by atoms with Gasteiger partial charge in [-0.15, -0.1) is 0 Å². The molecule has 2 rings (SSSR count). The first-order chi connectivity index (χ1) is 10.8.